The predicted molar refractivity (Wildman–Crippen MR) is 80.5 cm³/mol. The molecule has 0 amide bonds. The highest BCUT2D eigenvalue weighted by molar-refractivity contribution is 5.79. The van der Waals surface area contributed by atoms with Gasteiger partial charge in [0.25, 0.3) is 0 Å². The Morgan fingerprint density at radius 1 is 1.29 bits per heavy atom. The number of methoxy groups -OCH3 is 2. The average Bonchev–Trinajstić information content (AvgIpc) is 3.29. The molecule has 0 N–H and O–H groups in total. The number of rotatable bonds is 5. The lowest BCUT2D eigenvalue weighted by Crippen LogP contribution is -2.49. The van der Waals surface area contributed by atoms with Crippen molar-refractivity contribution < 1.29 is 14.3 Å². The van der Waals surface area contributed by atoms with Crippen LogP contribution in [-0.2, 0) is 9.53 Å². The first-order chi connectivity index (χ1) is 10.2. The van der Waals surface area contributed by atoms with E-state index in [1.54, 1.807) is 7.11 Å². The van der Waals surface area contributed by atoms with Crippen molar-refractivity contribution in [3.63, 3.8) is 0 Å². The highest BCUT2D eigenvalue weighted by Gasteiger charge is 2.40. The third-order valence-electron chi connectivity index (χ3n) is 4.48. The Morgan fingerprint density at radius 3 is 2.52 bits per heavy atom. The lowest BCUT2D eigenvalue weighted by molar-refractivity contribution is -0.150. The van der Waals surface area contributed by atoms with Crippen molar-refractivity contribution in [2.24, 2.45) is 5.92 Å². The van der Waals surface area contributed by atoms with E-state index in [0.29, 0.717) is 11.8 Å². The van der Waals surface area contributed by atoms with Crippen LogP contribution in [0.25, 0.3) is 0 Å². The monoisotopic (exact) mass is 289 g/mol. The quantitative estimate of drug-likeness (QED) is 0.781. The van der Waals surface area contributed by atoms with E-state index in [1.165, 1.54) is 25.5 Å². The van der Waals surface area contributed by atoms with Gasteiger partial charge >= 0.3 is 5.97 Å². The van der Waals surface area contributed by atoms with E-state index in [-0.39, 0.29) is 12.0 Å². The molecule has 1 aliphatic carbocycles. The molecule has 2 fully saturated rings. The van der Waals surface area contributed by atoms with Crippen LogP contribution in [0, 0.1) is 5.92 Å². The maximum atomic E-state index is 12.3. The Morgan fingerprint density at radius 2 is 2.00 bits per heavy atom. The van der Waals surface area contributed by atoms with Crippen LogP contribution < -0.4 is 4.74 Å². The molecule has 114 valence electrons. The van der Waals surface area contributed by atoms with E-state index in [9.17, 15) is 4.79 Å². The van der Waals surface area contributed by atoms with Crippen LogP contribution in [0.3, 0.4) is 0 Å². The van der Waals surface area contributed by atoms with Crippen LogP contribution in [0.2, 0.25) is 0 Å². The van der Waals surface area contributed by atoms with E-state index in [0.717, 1.165) is 24.4 Å². The van der Waals surface area contributed by atoms with Crippen molar-refractivity contribution in [1.82, 2.24) is 4.90 Å². The molecule has 0 bridgehead atoms. The van der Waals surface area contributed by atoms with Crippen molar-refractivity contribution >= 4 is 5.97 Å². The maximum absolute atomic E-state index is 12.3. The fraction of sp³-hybridized carbons (Fsp3) is 0.588. The first-order valence-corrected chi connectivity index (χ1v) is 7.64. The molecule has 1 aromatic rings. The zero-order valence-electron chi connectivity index (χ0n) is 13.0. The van der Waals surface area contributed by atoms with Crippen molar-refractivity contribution in [3.8, 4) is 5.75 Å². The van der Waals surface area contributed by atoms with Crippen molar-refractivity contribution in [2.75, 3.05) is 27.3 Å². The van der Waals surface area contributed by atoms with Gasteiger partial charge in [-0.3, -0.25) is 4.90 Å². The van der Waals surface area contributed by atoms with Gasteiger partial charge in [0.15, 0.2) is 0 Å². The summed E-state index contributed by atoms with van der Waals surface area (Å²) in [5.41, 5.74) is 2.27. The second kappa shape index (κ2) is 5.68. The number of ether oxygens (including phenoxy) is 2. The summed E-state index contributed by atoms with van der Waals surface area (Å²) in [6, 6.07) is 5.72. The number of carbonyl (C=O) groups is 1. The van der Waals surface area contributed by atoms with Crippen LogP contribution in [0.1, 0.15) is 42.9 Å². The van der Waals surface area contributed by atoms with Gasteiger partial charge in [0.1, 0.15) is 11.8 Å². The van der Waals surface area contributed by atoms with Gasteiger partial charge in [-0.15, -0.1) is 0 Å². The van der Waals surface area contributed by atoms with E-state index < -0.39 is 0 Å². The summed E-state index contributed by atoms with van der Waals surface area (Å²) in [6.45, 7) is 4.10. The third-order valence-corrected chi connectivity index (χ3v) is 4.48. The molecule has 0 radical (unpaired) electrons. The standard InChI is InChI=1S/C17H23NO3/c1-11-9-18(10-11)16(17(19)21-3)13-5-4-6-14(20-2)15(13)12-7-8-12/h4-6,11-12,16H,7-10H2,1-3H3. The minimum Gasteiger partial charge on any atom is -0.496 e. The minimum atomic E-state index is -0.295. The lowest BCUT2D eigenvalue weighted by Gasteiger charge is -2.42. The van der Waals surface area contributed by atoms with Crippen molar-refractivity contribution in [2.45, 2.75) is 31.7 Å². The Labute approximate surface area is 126 Å². The fourth-order valence-corrected chi connectivity index (χ4v) is 3.33. The van der Waals surface area contributed by atoms with Crippen LogP contribution in [0.15, 0.2) is 18.2 Å². The molecule has 1 heterocycles. The van der Waals surface area contributed by atoms with Gasteiger partial charge in [0.05, 0.1) is 14.2 Å². The number of nitrogens with zero attached hydrogens (tertiary/aromatic N) is 1. The van der Waals surface area contributed by atoms with E-state index in [1.807, 2.05) is 12.1 Å². The Hall–Kier alpha value is -1.55. The van der Waals surface area contributed by atoms with Gasteiger partial charge in [-0.05, 0) is 36.3 Å². The zero-order chi connectivity index (χ0) is 15.0. The predicted octanol–water partition coefficient (Wildman–Crippen LogP) is 2.74. The minimum absolute atomic E-state index is 0.169. The van der Waals surface area contributed by atoms with Crippen LogP contribution in [-0.4, -0.2) is 38.2 Å². The molecule has 1 saturated carbocycles. The Balaban J connectivity index is 2.00. The molecule has 3 rings (SSSR count). The maximum Gasteiger partial charge on any atom is 0.327 e. The second-order valence-electron chi connectivity index (χ2n) is 6.22. The second-order valence-corrected chi connectivity index (χ2v) is 6.22. The normalized spacial score (nSPS) is 20.7. The molecule has 1 atom stereocenters. The summed E-state index contributed by atoms with van der Waals surface area (Å²) < 4.78 is 10.6. The van der Waals surface area contributed by atoms with Gasteiger partial charge in [-0.2, -0.15) is 0 Å². The van der Waals surface area contributed by atoms with Crippen LogP contribution >= 0.6 is 0 Å². The lowest BCUT2D eigenvalue weighted by atomic mass is 9.91. The molecule has 1 aliphatic heterocycles. The number of esters is 1. The summed E-state index contributed by atoms with van der Waals surface area (Å²) >= 11 is 0. The number of hydrogen-bond acceptors (Lipinski definition) is 4. The van der Waals surface area contributed by atoms with E-state index >= 15 is 0 Å². The number of hydrogen-bond donors (Lipinski definition) is 0. The van der Waals surface area contributed by atoms with Crippen LogP contribution in [0.4, 0.5) is 0 Å². The molecule has 4 nitrogen and oxygen atoms in total. The summed E-state index contributed by atoms with van der Waals surface area (Å²) in [5, 5.41) is 0. The Kier molecular flexibility index (Phi) is 3.89. The summed E-state index contributed by atoms with van der Waals surface area (Å²) in [7, 11) is 3.17. The SMILES string of the molecule is COC(=O)C(c1cccc(OC)c1C1CC1)N1CC(C)C1. The fourth-order valence-electron chi connectivity index (χ4n) is 3.33. The molecule has 0 spiro atoms. The Bertz CT molecular complexity index is 533. The number of benzene rings is 1. The van der Waals surface area contributed by atoms with Gasteiger partial charge in [0, 0.05) is 18.7 Å². The van der Waals surface area contributed by atoms with E-state index in [2.05, 4.69) is 17.9 Å². The molecular weight excluding hydrogens is 266 g/mol. The molecular formula is C17H23NO3. The van der Waals surface area contributed by atoms with E-state index in [4.69, 9.17) is 9.47 Å². The zero-order valence-corrected chi connectivity index (χ0v) is 13.0. The summed E-state index contributed by atoms with van der Waals surface area (Å²) in [6.07, 6.45) is 2.36. The van der Waals surface area contributed by atoms with Crippen molar-refractivity contribution in [3.05, 3.63) is 29.3 Å². The summed E-state index contributed by atoms with van der Waals surface area (Å²) in [5.74, 6) is 1.91. The first-order valence-electron chi connectivity index (χ1n) is 7.64. The smallest absolute Gasteiger partial charge is 0.327 e. The van der Waals surface area contributed by atoms with Gasteiger partial charge < -0.3 is 9.47 Å². The topological polar surface area (TPSA) is 38.8 Å². The average molecular weight is 289 g/mol. The van der Waals surface area contributed by atoms with Crippen LogP contribution in [0.5, 0.6) is 5.75 Å². The van der Waals surface area contributed by atoms with Gasteiger partial charge in [-0.25, -0.2) is 4.79 Å². The largest absolute Gasteiger partial charge is 0.496 e. The van der Waals surface area contributed by atoms with Gasteiger partial charge in [0.2, 0.25) is 0 Å². The number of likely N-dealkylation sites (tertiary alicyclic amines) is 1. The highest BCUT2D eigenvalue weighted by atomic mass is 16.5. The molecule has 1 saturated heterocycles. The molecule has 2 aliphatic rings. The molecule has 1 aromatic carbocycles. The first kappa shape index (κ1) is 14.4. The van der Waals surface area contributed by atoms with Gasteiger partial charge in [-0.1, -0.05) is 19.1 Å². The molecule has 21 heavy (non-hydrogen) atoms. The third kappa shape index (κ3) is 2.64. The van der Waals surface area contributed by atoms with Crippen molar-refractivity contribution in [1.29, 1.82) is 0 Å². The highest BCUT2D eigenvalue weighted by Crippen LogP contribution is 2.48. The molecule has 0 aromatic heterocycles. The molecule has 1 unspecified atom stereocenters. The number of carbonyl (C=O) groups excluding carboxylic acids is 1. The molecule has 4 heteroatoms. The summed E-state index contributed by atoms with van der Waals surface area (Å²) in [4.78, 5) is 14.5.